The van der Waals surface area contributed by atoms with E-state index in [0.29, 0.717) is 22.3 Å². The van der Waals surface area contributed by atoms with Crippen LogP contribution < -0.4 is 14.8 Å². The number of carbonyl (C=O) groups is 1. The van der Waals surface area contributed by atoms with Crippen LogP contribution in [0.4, 0.5) is 14.6 Å². The van der Waals surface area contributed by atoms with Gasteiger partial charge in [0.15, 0.2) is 17.6 Å². The Labute approximate surface area is 169 Å². The van der Waals surface area contributed by atoms with E-state index >= 15 is 0 Å². The Morgan fingerprint density at radius 1 is 1.41 bits per heavy atom. The third-order valence-electron chi connectivity index (χ3n) is 4.51. The lowest BCUT2D eigenvalue weighted by molar-refractivity contribution is -0.114. The van der Waals surface area contributed by atoms with E-state index in [9.17, 15) is 13.6 Å². The lowest BCUT2D eigenvalue weighted by Crippen LogP contribution is -2.35. The fourth-order valence-electron chi connectivity index (χ4n) is 3.20. The van der Waals surface area contributed by atoms with Crippen LogP contribution in [0.1, 0.15) is 6.92 Å². The number of carbonyl (C=O) groups excluding carboxylic acids is 1. The predicted molar refractivity (Wildman–Crippen MR) is 106 cm³/mol. The number of nitrogens with zero attached hydrogens (tertiary/aromatic N) is 3. The first kappa shape index (κ1) is 19.4. The largest absolute Gasteiger partial charge is 0.483 e. The first-order valence-corrected chi connectivity index (χ1v) is 9.99. The third kappa shape index (κ3) is 3.59. The molecule has 0 radical (unpaired) electrons. The van der Waals surface area contributed by atoms with Crippen LogP contribution in [-0.4, -0.2) is 45.8 Å². The number of hydrogen-bond donors (Lipinski definition) is 1. The smallest absolute Gasteiger partial charge is 0.278 e. The van der Waals surface area contributed by atoms with E-state index in [2.05, 4.69) is 15.3 Å². The highest BCUT2D eigenvalue weighted by Crippen LogP contribution is 2.44. The summed E-state index contributed by atoms with van der Waals surface area (Å²) in [5, 5.41) is 4.07. The summed E-state index contributed by atoms with van der Waals surface area (Å²) in [6.45, 7) is 1.14. The maximum absolute atomic E-state index is 13.1. The van der Waals surface area contributed by atoms with Gasteiger partial charge in [-0.1, -0.05) is 0 Å². The van der Waals surface area contributed by atoms with Gasteiger partial charge in [-0.25, -0.2) is 18.7 Å². The molecule has 3 aromatic heterocycles. The Hall–Kier alpha value is -2.88. The van der Waals surface area contributed by atoms with Gasteiger partial charge in [-0.05, 0) is 12.3 Å². The number of aryl methyl sites for hydroxylation is 1. The van der Waals surface area contributed by atoms with E-state index in [0.717, 1.165) is 16.5 Å². The lowest BCUT2D eigenvalue weighted by Gasteiger charge is -2.27. The number of halogens is 2. The van der Waals surface area contributed by atoms with Gasteiger partial charge in [0.1, 0.15) is 23.1 Å². The Kier molecular flexibility index (Phi) is 5.03. The molecule has 152 valence electrons. The minimum Gasteiger partial charge on any atom is -0.483 e. The molecule has 4 rings (SSSR count). The monoisotopic (exact) mass is 420 g/mol. The van der Waals surface area contributed by atoms with E-state index < -0.39 is 12.5 Å². The predicted octanol–water partition coefficient (Wildman–Crippen LogP) is 3.72. The van der Waals surface area contributed by atoms with Gasteiger partial charge >= 0.3 is 0 Å². The van der Waals surface area contributed by atoms with Crippen molar-refractivity contribution in [2.75, 3.05) is 18.2 Å². The topological polar surface area (TPSA) is 78.3 Å². The molecule has 4 heterocycles. The molecule has 7 nitrogen and oxygen atoms in total. The van der Waals surface area contributed by atoms with Crippen LogP contribution in [0, 0.1) is 0 Å². The van der Waals surface area contributed by atoms with Crippen molar-refractivity contribution in [3.05, 3.63) is 24.5 Å². The van der Waals surface area contributed by atoms with Crippen molar-refractivity contribution in [3.8, 4) is 22.8 Å². The van der Waals surface area contributed by atoms with Gasteiger partial charge in [-0.15, -0.1) is 11.8 Å². The second kappa shape index (κ2) is 7.51. The van der Waals surface area contributed by atoms with E-state index in [1.165, 1.54) is 18.7 Å². The lowest BCUT2D eigenvalue weighted by atomic mass is 10.1. The summed E-state index contributed by atoms with van der Waals surface area (Å²) in [6, 6.07) is 3.35. The molecule has 0 saturated heterocycles. The summed E-state index contributed by atoms with van der Waals surface area (Å²) in [7, 11) is 1.86. The number of rotatable bonds is 4. The van der Waals surface area contributed by atoms with Crippen LogP contribution in [0.15, 0.2) is 29.6 Å². The highest BCUT2D eigenvalue weighted by atomic mass is 32.2. The molecule has 1 N–H and O–H groups in total. The molecule has 0 bridgehead atoms. The summed E-state index contributed by atoms with van der Waals surface area (Å²) in [5.41, 5.74) is 2.04. The van der Waals surface area contributed by atoms with E-state index in [4.69, 9.17) is 9.47 Å². The Morgan fingerprint density at radius 3 is 2.90 bits per heavy atom. The van der Waals surface area contributed by atoms with Gasteiger partial charge in [0.05, 0.1) is 11.7 Å². The molecule has 0 spiro atoms. The average Bonchev–Trinajstić information content (AvgIpc) is 3.01. The minimum absolute atomic E-state index is 0.232. The van der Waals surface area contributed by atoms with Crippen molar-refractivity contribution in [1.82, 2.24) is 14.5 Å². The normalized spacial score (nSPS) is 15.7. The number of aromatic nitrogens is 3. The first-order chi connectivity index (χ1) is 13.9. The molecule has 1 aliphatic rings. The molecule has 10 heteroatoms. The number of ether oxygens (including phenoxy) is 2. The summed E-state index contributed by atoms with van der Waals surface area (Å²) in [4.78, 5) is 20.3. The maximum atomic E-state index is 13.1. The number of anilines is 1. The van der Waals surface area contributed by atoms with Gasteiger partial charge in [0.25, 0.3) is 6.43 Å². The van der Waals surface area contributed by atoms with Crippen molar-refractivity contribution >= 4 is 34.4 Å². The second-order valence-electron chi connectivity index (χ2n) is 6.56. The van der Waals surface area contributed by atoms with Crippen molar-refractivity contribution in [2.24, 2.45) is 7.05 Å². The summed E-state index contributed by atoms with van der Waals surface area (Å²) >= 11 is 1.37. The van der Waals surface area contributed by atoms with Crippen LogP contribution in [-0.2, 0) is 11.8 Å². The Bertz CT molecular complexity index is 1100. The van der Waals surface area contributed by atoms with E-state index in [1.54, 1.807) is 18.3 Å². The summed E-state index contributed by atoms with van der Waals surface area (Å²) in [5.74, 6) is 0.736. The third-order valence-corrected chi connectivity index (χ3v) is 5.14. The first-order valence-electron chi connectivity index (χ1n) is 8.77. The quantitative estimate of drug-likeness (QED) is 0.648. The zero-order valence-electron chi connectivity index (χ0n) is 15.9. The molecular formula is C19H18F2N4O3S. The van der Waals surface area contributed by atoms with Crippen LogP contribution in [0.3, 0.4) is 0 Å². The van der Waals surface area contributed by atoms with Crippen LogP contribution >= 0.6 is 11.8 Å². The fourth-order valence-corrected chi connectivity index (χ4v) is 3.61. The van der Waals surface area contributed by atoms with Crippen molar-refractivity contribution < 1.29 is 23.0 Å². The molecule has 0 saturated carbocycles. The van der Waals surface area contributed by atoms with Gasteiger partial charge in [-0.3, -0.25) is 4.79 Å². The van der Waals surface area contributed by atoms with Gasteiger partial charge in [-0.2, -0.15) is 0 Å². The van der Waals surface area contributed by atoms with Crippen molar-refractivity contribution in [2.45, 2.75) is 24.5 Å². The molecule has 0 fully saturated rings. The standard InChI is InChI=1S/C19H18F2N4O3S/c1-9(26)23-15-4-10-11(7-25(2)12(10)6-22-15)17-18-13(5-16(24-17)29-3)28-14(8-27-18)19(20)21/h4-7,14,19H,8H2,1-3H3,(H,22,23,26). The maximum Gasteiger partial charge on any atom is 0.278 e. The summed E-state index contributed by atoms with van der Waals surface area (Å²) < 4.78 is 39.2. The number of thioether (sulfide) groups is 1. The Balaban J connectivity index is 1.89. The van der Waals surface area contributed by atoms with Crippen LogP contribution in [0.25, 0.3) is 22.2 Å². The highest BCUT2D eigenvalue weighted by Gasteiger charge is 2.32. The highest BCUT2D eigenvalue weighted by molar-refractivity contribution is 7.98. The molecule has 1 amide bonds. The average molecular weight is 420 g/mol. The zero-order valence-corrected chi connectivity index (χ0v) is 16.7. The van der Waals surface area contributed by atoms with Crippen molar-refractivity contribution in [1.29, 1.82) is 0 Å². The van der Waals surface area contributed by atoms with Crippen LogP contribution in [0.2, 0.25) is 0 Å². The van der Waals surface area contributed by atoms with Gasteiger partial charge < -0.3 is 19.4 Å². The minimum atomic E-state index is -2.65. The van der Waals surface area contributed by atoms with Gasteiger partial charge in [0, 0.05) is 37.2 Å². The number of hydrogen-bond acceptors (Lipinski definition) is 6. The molecule has 0 aromatic carbocycles. The summed E-state index contributed by atoms with van der Waals surface area (Å²) in [6.07, 6.45) is 1.38. The number of amides is 1. The molecule has 29 heavy (non-hydrogen) atoms. The molecule has 1 aliphatic heterocycles. The van der Waals surface area contributed by atoms with Gasteiger partial charge in [0.2, 0.25) is 5.91 Å². The molecule has 3 aromatic rings. The molecular weight excluding hydrogens is 402 g/mol. The fraction of sp³-hybridized carbons (Fsp3) is 0.316. The zero-order chi connectivity index (χ0) is 20.7. The van der Waals surface area contributed by atoms with E-state index in [1.807, 2.05) is 24.1 Å². The molecule has 0 aliphatic carbocycles. The second-order valence-corrected chi connectivity index (χ2v) is 7.39. The molecule has 1 atom stereocenters. The number of alkyl halides is 2. The molecule has 1 unspecified atom stereocenters. The van der Waals surface area contributed by atoms with Crippen molar-refractivity contribution in [3.63, 3.8) is 0 Å². The number of nitrogens with one attached hydrogen (secondary N) is 1. The van der Waals surface area contributed by atoms with Crippen LogP contribution in [0.5, 0.6) is 11.5 Å². The number of pyridine rings is 2. The SMILES string of the molecule is CSc1cc2c(c(-c3cn(C)c4cnc(NC(C)=O)cc34)n1)OCC(C(F)F)O2. The number of fused-ring (bicyclic) bond motifs is 2. The van der Waals surface area contributed by atoms with E-state index in [-0.39, 0.29) is 18.3 Å². The Morgan fingerprint density at radius 2 is 2.21 bits per heavy atom.